The van der Waals surface area contributed by atoms with E-state index in [1.807, 2.05) is 0 Å². The molecular formula is C12H18FN3O3S. The van der Waals surface area contributed by atoms with Crippen LogP contribution in [0.25, 0.3) is 0 Å². The number of carbonyl (C=O) groups is 1. The standard InChI is InChI=1S/C12H18FN3O3S/c1-8-6-9(7-10(14)12(8)13)20(18,19)16-5-3-2-4-11(15)17/h6-7,16H,2-5,14H2,1H3,(H2,15,17). The molecule has 1 aromatic carbocycles. The van der Waals surface area contributed by atoms with Crippen molar-refractivity contribution >= 4 is 21.6 Å². The molecule has 0 saturated carbocycles. The molecular weight excluding hydrogens is 285 g/mol. The molecule has 1 rings (SSSR count). The lowest BCUT2D eigenvalue weighted by Gasteiger charge is -2.09. The van der Waals surface area contributed by atoms with Crippen LogP contribution in [-0.4, -0.2) is 20.9 Å². The van der Waals surface area contributed by atoms with Crippen molar-refractivity contribution in [2.45, 2.75) is 31.1 Å². The Labute approximate surface area is 117 Å². The Bertz CT molecular complexity index is 579. The van der Waals surface area contributed by atoms with Gasteiger partial charge in [-0.2, -0.15) is 0 Å². The minimum atomic E-state index is -3.74. The molecule has 0 atom stereocenters. The third-order valence-electron chi connectivity index (χ3n) is 2.71. The van der Waals surface area contributed by atoms with E-state index in [9.17, 15) is 17.6 Å². The molecule has 0 radical (unpaired) electrons. The van der Waals surface area contributed by atoms with Gasteiger partial charge in [-0.05, 0) is 37.5 Å². The van der Waals surface area contributed by atoms with Crippen LogP contribution in [0.1, 0.15) is 24.8 Å². The average molecular weight is 303 g/mol. The highest BCUT2D eigenvalue weighted by Crippen LogP contribution is 2.20. The molecule has 0 heterocycles. The SMILES string of the molecule is Cc1cc(S(=O)(=O)NCCCCC(N)=O)cc(N)c1F. The Balaban J connectivity index is 2.67. The van der Waals surface area contributed by atoms with Crippen LogP contribution < -0.4 is 16.2 Å². The maximum Gasteiger partial charge on any atom is 0.240 e. The number of aryl methyl sites for hydroxylation is 1. The van der Waals surface area contributed by atoms with Crippen molar-refractivity contribution in [3.05, 3.63) is 23.5 Å². The van der Waals surface area contributed by atoms with E-state index in [-0.39, 0.29) is 29.1 Å². The number of rotatable bonds is 7. The fourth-order valence-corrected chi connectivity index (χ4v) is 2.83. The quantitative estimate of drug-likeness (QED) is 0.506. The minimum Gasteiger partial charge on any atom is -0.396 e. The van der Waals surface area contributed by atoms with Gasteiger partial charge < -0.3 is 11.5 Å². The predicted molar refractivity (Wildman–Crippen MR) is 73.8 cm³/mol. The van der Waals surface area contributed by atoms with Crippen molar-refractivity contribution in [3.63, 3.8) is 0 Å². The normalized spacial score (nSPS) is 11.5. The number of nitrogens with one attached hydrogen (secondary N) is 1. The number of nitrogens with two attached hydrogens (primary N) is 2. The second-order valence-electron chi connectivity index (χ2n) is 4.46. The largest absolute Gasteiger partial charge is 0.396 e. The van der Waals surface area contributed by atoms with Crippen LogP contribution in [0.4, 0.5) is 10.1 Å². The van der Waals surface area contributed by atoms with E-state index < -0.39 is 21.7 Å². The molecule has 0 saturated heterocycles. The topological polar surface area (TPSA) is 115 Å². The maximum atomic E-state index is 13.3. The second-order valence-corrected chi connectivity index (χ2v) is 6.23. The van der Waals surface area contributed by atoms with E-state index in [4.69, 9.17) is 11.5 Å². The van der Waals surface area contributed by atoms with Gasteiger partial charge in [-0.25, -0.2) is 17.5 Å². The summed E-state index contributed by atoms with van der Waals surface area (Å²) in [6, 6.07) is 2.30. The highest BCUT2D eigenvalue weighted by atomic mass is 32.2. The number of nitrogen functional groups attached to an aromatic ring is 1. The zero-order valence-electron chi connectivity index (χ0n) is 11.1. The van der Waals surface area contributed by atoms with Gasteiger partial charge in [0.1, 0.15) is 5.82 Å². The van der Waals surface area contributed by atoms with Gasteiger partial charge in [-0.3, -0.25) is 4.79 Å². The first-order valence-corrected chi connectivity index (χ1v) is 7.56. The van der Waals surface area contributed by atoms with Crippen LogP contribution in [0.15, 0.2) is 17.0 Å². The molecule has 0 aliphatic carbocycles. The number of sulfonamides is 1. The number of unbranched alkanes of at least 4 members (excludes halogenated alkanes) is 1. The number of halogens is 1. The smallest absolute Gasteiger partial charge is 0.240 e. The zero-order chi connectivity index (χ0) is 15.3. The molecule has 5 N–H and O–H groups in total. The molecule has 6 nitrogen and oxygen atoms in total. The van der Waals surface area contributed by atoms with Crippen LogP contribution in [0.2, 0.25) is 0 Å². The van der Waals surface area contributed by atoms with Crippen molar-refractivity contribution in [1.82, 2.24) is 4.72 Å². The fourth-order valence-electron chi connectivity index (χ4n) is 1.63. The number of hydrogen-bond acceptors (Lipinski definition) is 4. The second kappa shape index (κ2) is 6.67. The third-order valence-corrected chi connectivity index (χ3v) is 4.15. The van der Waals surface area contributed by atoms with Crippen LogP contribution in [0, 0.1) is 12.7 Å². The van der Waals surface area contributed by atoms with E-state index in [1.54, 1.807) is 0 Å². The van der Waals surface area contributed by atoms with Crippen molar-refractivity contribution in [1.29, 1.82) is 0 Å². The minimum absolute atomic E-state index is 0.0798. The molecule has 0 aromatic heterocycles. The highest BCUT2D eigenvalue weighted by Gasteiger charge is 2.16. The zero-order valence-corrected chi connectivity index (χ0v) is 12.0. The van der Waals surface area contributed by atoms with Gasteiger partial charge in [0.05, 0.1) is 10.6 Å². The summed E-state index contributed by atoms with van der Waals surface area (Å²) >= 11 is 0. The Morgan fingerprint density at radius 2 is 2.00 bits per heavy atom. The maximum absolute atomic E-state index is 13.3. The molecule has 0 bridgehead atoms. The van der Waals surface area contributed by atoms with E-state index in [0.29, 0.717) is 12.8 Å². The van der Waals surface area contributed by atoms with Crippen molar-refractivity contribution in [3.8, 4) is 0 Å². The Hall–Kier alpha value is -1.67. The van der Waals surface area contributed by atoms with E-state index in [1.165, 1.54) is 13.0 Å². The summed E-state index contributed by atoms with van der Waals surface area (Å²) in [7, 11) is -3.74. The monoisotopic (exact) mass is 303 g/mol. The van der Waals surface area contributed by atoms with Gasteiger partial charge in [-0.1, -0.05) is 0 Å². The van der Waals surface area contributed by atoms with Crippen molar-refractivity contribution in [2.24, 2.45) is 5.73 Å². The van der Waals surface area contributed by atoms with Gasteiger partial charge in [-0.15, -0.1) is 0 Å². The summed E-state index contributed by atoms with van der Waals surface area (Å²) in [6.07, 6.45) is 1.20. The first-order valence-electron chi connectivity index (χ1n) is 6.07. The van der Waals surface area contributed by atoms with Gasteiger partial charge >= 0.3 is 0 Å². The van der Waals surface area contributed by atoms with E-state index in [2.05, 4.69) is 4.72 Å². The average Bonchev–Trinajstić information content (AvgIpc) is 2.34. The van der Waals surface area contributed by atoms with Crippen molar-refractivity contribution < 1.29 is 17.6 Å². The summed E-state index contributed by atoms with van der Waals surface area (Å²) in [6.45, 7) is 1.61. The third kappa shape index (κ3) is 4.46. The molecule has 0 unspecified atom stereocenters. The van der Waals surface area contributed by atoms with E-state index >= 15 is 0 Å². The lowest BCUT2D eigenvalue weighted by molar-refractivity contribution is -0.118. The van der Waals surface area contributed by atoms with Crippen LogP contribution in [0.3, 0.4) is 0 Å². The summed E-state index contributed by atoms with van der Waals surface area (Å²) in [4.78, 5) is 10.4. The number of carbonyl (C=O) groups excluding carboxylic acids is 1. The Morgan fingerprint density at radius 1 is 1.35 bits per heavy atom. The lowest BCUT2D eigenvalue weighted by atomic mass is 10.2. The van der Waals surface area contributed by atoms with Gasteiger partial charge in [0.25, 0.3) is 0 Å². The summed E-state index contributed by atoms with van der Waals surface area (Å²) in [5.41, 5.74) is 10.3. The molecule has 0 aliphatic heterocycles. The van der Waals surface area contributed by atoms with Crippen LogP contribution in [-0.2, 0) is 14.8 Å². The number of amides is 1. The molecule has 1 aromatic rings. The number of hydrogen-bond donors (Lipinski definition) is 3. The number of primary amides is 1. The first kappa shape index (κ1) is 16.4. The molecule has 8 heteroatoms. The number of anilines is 1. The fraction of sp³-hybridized carbons (Fsp3) is 0.417. The van der Waals surface area contributed by atoms with Crippen LogP contribution in [0.5, 0.6) is 0 Å². The molecule has 112 valence electrons. The first-order chi connectivity index (χ1) is 9.24. The molecule has 20 heavy (non-hydrogen) atoms. The van der Waals surface area contributed by atoms with Gasteiger partial charge in [0.2, 0.25) is 15.9 Å². The molecule has 0 aliphatic rings. The molecule has 0 spiro atoms. The number of benzene rings is 1. The summed E-state index contributed by atoms with van der Waals surface area (Å²) < 4.78 is 39.6. The van der Waals surface area contributed by atoms with Crippen LogP contribution >= 0.6 is 0 Å². The van der Waals surface area contributed by atoms with Crippen molar-refractivity contribution in [2.75, 3.05) is 12.3 Å². The van der Waals surface area contributed by atoms with Gasteiger partial charge in [0.15, 0.2) is 0 Å². The summed E-state index contributed by atoms with van der Waals surface area (Å²) in [5.74, 6) is -1.04. The molecule has 0 fully saturated rings. The van der Waals surface area contributed by atoms with E-state index in [0.717, 1.165) is 6.07 Å². The lowest BCUT2D eigenvalue weighted by Crippen LogP contribution is -2.25. The Morgan fingerprint density at radius 3 is 2.55 bits per heavy atom. The predicted octanol–water partition coefficient (Wildman–Crippen LogP) is 0.650. The summed E-state index contributed by atoms with van der Waals surface area (Å²) in [5, 5.41) is 0. The van der Waals surface area contributed by atoms with Gasteiger partial charge in [0, 0.05) is 13.0 Å². The molecule has 1 amide bonds. The Kier molecular flexibility index (Phi) is 5.46. The highest BCUT2D eigenvalue weighted by molar-refractivity contribution is 7.89.